The lowest BCUT2D eigenvalue weighted by Crippen LogP contribution is -2.20. The predicted molar refractivity (Wildman–Crippen MR) is 82.2 cm³/mol. The van der Waals surface area contributed by atoms with Crippen molar-refractivity contribution in [1.29, 1.82) is 0 Å². The van der Waals surface area contributed by atoms with Crippen LogP contribution in [0.5, 0.6) is 5.75 Å². The first-order valence-electron chi connectivity index (χ1n) is 6.66. The molecule has 0 amide bonds. The van der Waals surface area contributed by atoms with E-state index in [1.807, 2.05) is 35.7 Å². The van der Waals surface area contributed by atoms with Crippen LogP contribution in [0.2, 0.25) is 0 Å². The Kier molecular flexibility index (Phi) is 3.92. The van der Waals surface area contributed by atoms with Gasteiger partial charge in [-0.1, -0.05) is 18.2 Å². The molecule has 0 radical (unpaired) electrons. The molecule has 1 N–H and O–H groups in total. The summed E-state index contributed by atoms with van der Waals surface area (Å²) in [5, 5.41) is 1.84. The molecule has 0 saturated heterocycles. The van der Waals surface area contributed by atoms with Crippen LogP contribution < -0.4 is 10.2 Å². The van der Waals surface area contributed by atoms with Gasteiger partial charge in [-0.25, -0.2) is 10.3 Å². The van der Waals surface area contributed by atoms with E-state index in [9.17, 15) is 4.79 Å². The van der Waals surface area contributed by atoms with Gasteiger partial charge in [-0.2, -0.15) is 0 Å². The summed E-state index contributed by atoms with van der Waals surface area (Å²) in [4.78, 5) is 17.6. The number of rotatable bonds is 4. The number of hydrogen-bond donors (Lipinski definition) is 1. The molecule has 1 heterocycles. The number of aryl methyl sites for hydroxylation is 1. The van der Waals surface area contributed by atoms with Crippen molar-refractivity contribution in [1.82, 2.24) is 5.48 Å². The normalized spacial score (nSPS) is 13.1. The van der Waals surface area contributed by atoms with E-state index in [1.54, 1.807) is 13.2 Å². The fraction of sp³-hybridized carbons (Fsp3) is 0.188. The summed E-state index contributed by atoms with van der Waals surface area (Å²) in [6.07, 6.45) is 3.92. The van der Waals surface area contributed by atoms with Crippen LogP contribution in [-0.4, -0.2) is 13.1 Å². The molecule has 108 valence electrons. The standard InChI is InChI=1S/C16H15NO3S/c1-19-12-8-7-11-4-2-5-14(13(11)10-12)17-20-16(18)15-6-3-9-21-15/h3,5-10,17H,2,4H2,1H3. The van der Waals surface area contributed by atoms with Crippen molar-refractivity contribution in [3.63, 3.8) is 0 Å². The summed E-state index contributed by atoms with van der Waals surface area (Å²) in [6, 6.07) is 9.50. The zero-order valence-corrected chi connectivity index (χ0v) is 12.4. The second-order valence-corrected chi connectivity index (χ2v) is 5.60. The Bertz CT molecular complexity index is 677. The maximum Gasteiger partial charge on any atom is 0.372 e. The number of carbonyl (C=O) groups is 1. The van der Waals surface area contributed by atoms with Crippen LogP contribution in [0.25, 0.3) is 5.70 Å². The Morgan fingerprint density at radius 1 is 1.33 bits per heavy atom. The lowest BCUT2D eigenvalue weighted by Gasteiger charge is -2.19. The van der Waals surface area contributed by atoms with Gasteiger partial charge in [0.05, 0.1) is 12.8 Å². The van der Waals surface area contributed by atoms with Gasteiger partial charge in [0, 0.05) is 5.56 Å². The van der Waals surface area contributed by atoms with Crippen LogP contribution in [0.1, 0.15) is 27.2 Å². The van der Waals surface area contributed by atoms with Gasteiger partial charge >= 0.3 is 5.97 Å². The van der Waals surface area contributed by atoms with Crippen molar-refractivity contribution in [3.05, 3.63) is 57.8 Å². The maximum atomic E-state index is 11.9. The first kappa shape index (κ1) is 13.7. The summed E-state index contributed by atoms with van der Waals surface area (Å²) in [5.74, 6) is 0.411. The minimum Gasteiger partial charge on any atom is -0.497 e. The molecular weight excluding hydrogens is 286 g/mol. The van der Waals surface area contributed by atoms with Gasteiger partial charge in [-0.05, 0) is 42.0 Å². The first-order chi connectivity index (χ1) is 10.3. The molecule has 0 bridgehead atoms. The third kappa shape index (κ3) is 2.92. The molecule has 5 heteroatoms. The van der Waals surface area contributed by atoms with Crippen LogP contribution in [0.3, 0.4) is 0 Å². The molecule has 1 aliphatic carbocycles. The topological polar surface area (TPSA) is 47.6 Å². The Hall–Kier alpha value is -2.27. The molecule has 1 aliphatic rings. The number of benzene rings is 1. The van der Waals surface area contributed by atoms with Gasteiger partial charge in [-0.15, -0.1) is 11.3 Å². The van der Waals surface area contributed by atoms with E-state index in [1.165, 1.54) is 16.9 Å². The van der Waals surface area contributed by atoms with Crippen LogP contribution in [0, 0.1) is 0 Å². The van der Waals surface area contributed by atoms with Crippen molar-refractivity contribution in [2.45, 2.75) is 12.8 Å². The fourth-order valence-corrected chi connectivity index (χ4v) is 2.87. The van der Waals surface area contributed by atoms with E-state index in [0.717, 1.165) is 29.9 Å². The number of allylic oxidation sites excluding steroid dienone is 1. The van der Waals surface area contributed by atoms with E-state index >= 15 is 0 Å². The van der Waals surface area contributed by atoms with Crippen molar-refractivity contribution >= 4 is 23.0 Å². The molecule has 0 unspecified atom stereocenters. The average Bonchev–Trinajstić information content (AvgIpc) is 3.06. The van der Waals surface area contributed by atoms with E-state index in [0.29, 0.717) is 4.88 Å². The minimum atomic E-state index is -0.374. The highest BCUT2D eigenvalue weighted by atomic mass is 32.1. The molecule has 0 saturated carbocycles. The summed E-state index contributed by atoms with van der Waals surface area (Å²) in [6.45, 7) is 0. The van der Waals surface area contributed by atoms with Crippen LogP contribution in [-0.2, 0) is 11.3 Å². The molecule has 1 aromatic heterocycles. The van der Waals surface area contributed by atoms with E-state index < -0.39 is 0 Å². The number of thiophene rings is 1. The number of hydrogen-bond acceptors (Lipinski definition) is 5. The Morgan fingerprint density at radius 2 is 2.24 bits per heavy atom. The Morgan fingerprint density at radius 3 is 3.00 bits per heavy atom. The molecule has 1 aromatic carbocycles. The van der Waals surface area contributed by atoms with Gasteiger partial charge in [-0.3, -0.25) is 0 Å². The van der Waals surface area contributed by atoms with Crippen molar-refractivity contribution in [3.8, 4) is 5.75 Å². The monoisotopic (exact) mass is 301 g/mol. The number of nitrogens with one attached hydrogen (secondary N) is 1. The minimum absolute atomic E-state index is 0.374. The number of ether oxygens (including phenoxy) is 1. The molecule has 0 atom stereocenters. The smallest absolute Gasteiger partial charge is 0.372 e. The van der Waals surface area contributed by atoms with E-state index in [2.05, 4.69) is 5.48 Å². The molecule has 4 nitrogen and oxygen atoms in total. The number of methoxy groups -OCH3 is 1. The Labute approximate surface area is 127 Å². The number of fused-ring (bicyclic) bond motifs is 1. The summed E-state index contributed by atoms with van der Waals surface area (Å²) >= 11 is 1.36. The first-order valence-corrected chi connectivity index (χ1v) is 7.54. The largest absolute Gasteiger partial charge is 0.497 e. The van der Waals surface area contributed by atoms with Crippen LogP contribution >= 0.6 is 11.3 Å². The molecule has 2 aromatic rings. The lowest BCUT2D eigenvalue weighted by molar-refractivity contribution is 0.0374. The Balaban J connectivity index is 1.75. The zero-order valence-electron chi connectivity index (χ0n) is 11.6. The van der Waals surface area contributed by atoms with Gasteiger partial charge in [0.1, 0.15) is 10.6 Å². The van der Waals surface area contributed by atoms with Crippen molar-refractivity contribution < 1.29 is 14.4 Å². The predicted octanol–water partition coefficient (Wildman–Crippen LogP) is 3.41. The summed E-state index contributed by atoms with van der Waals surface area (Å²) in [7, 11) is 1.64. The number of hydroxylamine groups is 1. The summed E-state index contributed by atoms with van der Waals surface area (Å²) < 4.78 is 5.25. The van der Waals surface area contributed by atoms with Gasteiger partial charge in [0.15, 0.2) is 0 Å². The van der Waals surface area contributed by atoms with Crippen molar-refractivity contribution in [2.75, 3.05) is 7.11 Å². The second kappa shape index (κ2) is 6.01. The molecule has 21 heavy (non-hydrogen) atoms. The highest BCUT2D eigenvalue weighted by Crippen LogP contribution is 2.28. The van der Waals surface area contributed by atoms with Gasteiger partial charge in [0.2, 0.25) is 0 Å². The van der Waals surface area contributed by atoms with E-state index in [-0.39, 0.29) is 5.97 Å². The van der Waals surface area contributed by atoms with E-state index in [4.69, 9.17) is 9.57 Å². The van der Waals surface area contributed by atoms with Gasteiger partial charge < -0.3 is 9.57 Å². The highest BCUT2D eigenvalue weighted by molar-refractivity contribution is 7.11. The molecule has 0 fully saturated rings. The van der Waals surface area contributed by atoms with Crippen molar-refractivity contribution in [2.24, 2.45) is 0 Å². The average molecular weight is 301 g/mol. The third-order valence-electron chi connectivity index (χ3n) is 3.35. The summed E-state index contributed by atoms with van der Waals surface area (Å²) in [5.41, 5.74) is 5.81. The lowest BCUT2D eigenvalue weighted by atomic mass is 9.95. The molecule has 0 aliphatic heterocycles. The molecular formula is C16H15NO3S. The van der Waals surface area contributed by atoms with Gasteiger partial charge in [0.25, 0.3) is 0 Å². The maximum absolute atomic E-state index is 11.9. The highest BCUT2D eigenvalue weighted by Gasteiger charge is 2.16. The second-order valence-electron chi connectivity index (χ2n) is 4.65. The zero-order chi connectivity index (χ0) is 14.7. The SMILES string of the molecule is COc1ccc2c(c1)C(NOC(=O)c1cccs1)=CCC2. The fourth-order valence-electron chi connectivity index (χ4n) is 2.28. The third-order valence-corrected chi connectivity index (χ3v) is 4.20. The molecule has 0 spiro atoms. The molecule has 3 rings (SSSR count). The quantitative estimate of drug-likeness (QED) is 0.879. The van der Waals surface area contributed by atoms with Crippen LogP contribution in [0.4, 0.5) is 0 Å². The van der Waals surface area contributed by atoms with Crippen LogP contribution in [0.15, 0.2) is 41.8 Å². The number of carbonyl (C=O) groups excluding carboxylic acids is 1.